The molecule has 0 aliphatic heterocycles. The van der Waals surface area contributed by atoms with Crippen LogP contribution in [0.2, 0.25) is 0 Å². The molecule has 0 saturated heterocycles. The summed E-state index contributed by atoms with van der Waals surface area (Å²) in [5.74, 6) is -0.469. The van der Waals surface area contributed by atoms with Crippen LogP contribution in [0.4, 0.5) is 0 Å². The maximum absolute atomic E-state index is 12.3. The quantitative estimate of drug-likeness (QED) is 0.577. The van der Waals surface area contributed by atoms with Crippen molar-refractivity contribution in [2.45, 2.75) is 13.0 Å². The maximum Gasteiger partial charge on any atom is 0.349 e. The van der Waals surface area contributed by atoms with Crippen molar-refractivity contribution < 1.29 is 9.21 Å². The first-order valence-electron chi connectivity index (χ1n) is 7.51. The van der Waals surface area contributed by atoms with Crippen LogP contribution < -0.4 is 10.9 Å². The molecule has 3 aromatic rings. The molecule has 1 amide bonds. The molecule has 0 saturated carbocycles. The summed E-state index contributed by atoms with van der Waals surface area (Å²) in [5, 5.41) is 7.44. The number of para-hydroxylation sites is 1. The van der Waals surface area contributed by atoms with Gasteiger partial charge in [-0.1, -0.05) is 24.3 Å². The molecule has 0 bridgehead atoms. The first kappa shape index (κ1) is 15.7. The minimum absolute atomic E-state index is 0.0119. The summed E-state index contributed by atoms with van der Waals surface area (Å²) in [7, 11) is 1.80. The molecular weight excluding hydrogens is 306 g/mol. The van der Waals surface area contributed by atoms with Gasteiger partial charge in [-0.3, -0.25) is 9.48 Å². The summed E-state index contributed by atoms with van der Waals surface area (Å²) in [5.41, 5.74) is 1.54. The highest BCUT2D eigenvalue weighted by atomic mass is 16.4. The Hall–Kier alpha value is -3.15. The van der Waals surface area contributed by atoms with E-state index < -0.39 is 11.5 Å². The number of fused-ring (bicyclic) bond motifs is 1. The van der Waals surface area contributed by atoms with Gasteiger partial charge in [0.05, 0.1) is 6.20 Å². The van der Waals surface area contributed by atoms with Gasteiger partial charge in [0.15, 0.2) is 0 Å². The van der Waals surface area contributed by atoms with Crippen LogP contribution >= 0.6 is 0 Å². The number of nitrogens with zero attached hydrogens (tertiary/aromatic N) is 2. The molecule has 0 radical (unpaired) electrons. The van der Waals surface area contributed by atoms with Crippen molar-refractivity contribution in [3.05, 3.63) is 76.4 Å². The second kappa shape index (κ2) is 6.54. The molecule has 0 aliphatic rings. The Morgan fingerprint density at radius 1 is 1.46 bits per heavy atom. The van der Waals surface area contributed by atoms with E-state index in [1.807, 2.05) is 18.2 Å². The van der Waals surface area contributed by atoms with Gasteiger partial charge in [-0.25, -0.2) is 4.79 Å². The standard InChI is InChI=1S/C18H17N3O3/c1-3-5-13-6-4-7-14-8-15(18(23)24-16(13)14)17(22)19-9-12-10-20-21(2)11-12/h3-4,6-8,10-11H,1,5,9H2,2H3,(H,19,22). The van der Waals surface area contributed by atoms with E-state index in [0.29, 0.717) is 23.9 Å². The van der Waals surface area contributed by atoms with Crippen molar-refractivity contribution in [3.63, 3.8) is 0 Å². The molecule has 6 heteroatoms. The Morgan fingerprint density at radius 3 is 3.00 bits per heavy atom. The highest BCUT2D eigenvalue weighted by molar-refractivity contribution is 5.96. The van der Waals surface area contributed by atoms with Gasteiger partial charge in [-0.05, 0) is 18.1 Å². The predicted octanol–water partition coefficient (Wildman–Crippen LogP) is 2.18. The summed E-state index contributed by atoms with van der Waals surface area (Å²) < 4.78 is 7.02. The number of aromatic nitrogens is 2. The molecular formula is C18H17N3O3. The first-order valence-corrected chi connectivity index (χ1v) is 7.51. The second-order valence-corrected chi connectivity index (χ2v) is 5.48. The van der Waals surface area contributed by atoms with Crippen molar-refractivity contribution in [1.29, 1.82) is 0 Å². The lowest BCUT2D eigenvalue weighted by atomic mass is 10.1. The molecule has 0 atom stereocenters. The van der Waals surface area contributed by atoms with Gasteiger partial charge in [0.1, 0.15) is 11.1 Å². The van der Waals surface area contributed by atoms with Crippen molar-refractivity contribution in [2.24, 2.45) is 7.05 Å². The number of carbonyl (C=O) groups excluding carboxylic acids is 1. The SMILES string of the molecule is C=CCc1cccc2cc(C(=O)NCc3cnn(C)c3)c(=O)oc12. The smallest absolute Gasteiger partial charge is 0.349 e. The fourth-order valence-electron chi connectivity index (χ4n) is 2.52. The van der Waals surface area contributed by atoms with Crippen LogP contribution in [0.15, 0.2) is 58.5 Å². The fourth-order valence-corrected chi connectivity index (χ4v) is 2.52. The normalized spacial score (nSPS) is 10.7. The summed E-state index contributed by atoms with van der Waals surface area (Å²) >= 11 is 0. The molecule has 122 valence electrons. The third-order valence-electron chi connectivity index (χ3n) is 3.66. The molecule has 0 unspecified atom stereocenters. The third-order valence-corrected chi connectivity index (χ3v) is 3.66. The van der Waals surface area contributed by atoms with E-state index in [1.54, 1.807) is 36.3 Å². The number of hydrogen-bond donors (Lipinski definition) is 1. The first-order chi connectivity index (χ1) is 11.6. The predicted molar refractivity (Wildman–Crippen MR) is 90.8 cm³/mol. The average molecular weight is 323 g/mol. The maximum atomic E-state index is 12.3. The van der Waals surface area contributed by atoms with Gasteiger partial charge >= 0.3 is 5.63 Å². The van der Waals surface area contributed by atoms with Crippen molar-refractivity contribution in [3.8, 4) is 0 Å². The molecule has 1 N–H and O–H groups in total. The molecule has 24 heavy (non-hydrogen) atoms. The summed E-state index contributed by atoms with van der Waals surface area (Å²) in [6, 6.07) is 7.10. The van der Waals surface area contributed by atoms with Gasteiger partial charge in [-0.15, -0.1) is 6.58 Å². The lowest BCUT2D eigenvalue weighted by Gasteiger charge is -2.06. The van der Waals surface area contributed by atoms with E-state index in [2.05, 4.69) is 17.0 Å². The second-order valence-electron chi connectivity index (χ2n) is 5.48. The van der Waals surface area contributed by atoms with Crippen molar-refractivity contribution >= 4 is 16.9 Å². The van der Waals surface area contributed by atoms with Gasteiger partial charge in [0.2, 0.25) is 0 Å². The Balaban J connectivity index is 1.88. The molecule has 3 rings (SSSR count). The van der Waals surface area contributed by atoms with Crippen LogP contribution in [0, 0.1) is 0 Å². The molecule has 2 heterocycles. The van der Waals surface area contributed by atoms with Crippen LogP contribution in [0.25, 0.3) is 11.0 Å². The summed E-state index contributed by atoms with van der Waals surface area (Å²) in [6.07, 6.45) is 5.78. The number of allylic oxidation sites excluding steroid dienone is 1. The Labute approximate surface area is 138 Å². The minimum atomic E-state index is -0.650. The highest BCUT2D eigenvalue weighted by Crippen LogP contribution is 2.19. The van der Waals surface area contributed by atoms with Crippen LogP contribution in [0.1, 0.15) is 21.5 Å². The molecule has 1 aromatic carbocycles. The van der Waals surface area contributed by atoms with Crippen molar-refractivity contribution in [2.75, 3.05) is 0 Å². The molecule has 0 spiro atoms. The van der Waals surface area contributed by atoms with Crippen molar-refractivity contribution in [1.82, 2.24) is 15.1 Å². The van der Waals surface area contributed by atoms with Gasteiger partial charge < -0.3 is 9.73 Å². The van der Waals surface area contributed by atoms with E-state index >= 15 is 0 Å². The Kier molecular flexibility index (Phi) is 4.29. The lowest BCUT2D eigenvalue weighted by molar-refractivity contribution is 0.0947. The molecule has 6 nitrogen and oxygen atoms in total. The third kappa shape index (κ3) is 3.12. The van der Waals surface area contributed by atoms with Crippen LogP contribution in [0.3, 0.4) is 0 Å². The topological polar surface area (TPSA) is 77.1 Å². The Morgan fingerprint density at radius 2 is 2.29 bits per heavy atom. The van der Waals surface area contributed by atoms with Crippen LogP contribution in [-0.2, 0) is 20.0 Å². The van der Waals surface area contributed by atoms with Gasteiger partial charge in [-0.2, -0.15) is 5.10 Å². The number of amides is 1. The minimum Gasteiger partial charge on any atom is -0.422 e. The fraction of sp³-hybridized carbons (Fsp3) is 0.167. The Bertz CT molecular complexity index is 969. The molecule has 0 fully saturated rings. The zero-order valence-electron chi connectivity index (χ0n) is 13.3. The monoisotopic (exact) mass is 323 g/mol. The molecule has 2 aromatic heterocycles. The summed E-state index contributed by atoms with van der Waals surface area (Å²) in [6.45, 7) is 3.99. The lowest BCUT2D eigenvalue weighted by Crippen LogP contribution is -2.27. The average Bonchev–Trinajstić information content (AvgIpc) is 2.98. The van der Waals surface area contributed by atoms with Crippen LogP contribution in [0.5, 0.6) is 0 Å². The van der Waals surface area contributed by atoms with E-state index in [9.17, 15) is 9.59 Å². The number of hydrogen-bond acceptors (Lipinski definition) is 4. The molecule has 0 aliphatic carbocycles. The number of aryl methyl sites for hydroxylation is 1. The number of nitrogens with one attached hydrogen (secondary N) is 1. The zero-order chi connectivity index (χ0) is 17.1. The van der Waals surface area contributed by atoms with E-state index in [0.717, 1.165) is 11.1 Å². The highest BCUT2D eigenvalue weighted by Gasteiger charge is 2.15. The number of rotatable bonds is 5. The van der Waals surface area contributed by atoms with Gasteiger partial charge in [0.25, 0.3) is 5.91 Å². The van der Waals surface area contributed by atoms with E-state index in [1.165, 1.54) is 0 Å². The largest absolute Gasteiger partial charge is 0.422 e. The van der Waals surface area contributed by atoms with Crippen LogP contribution in [-0.4, -0.2) is 15.7 Å². The zero-order valence-corrected chi connectivity index (χ0v) is 13.3. The van der Waals surface area contributed by atoms with E-state index in [-0.39, 0.29) is 5.56 Å². The van der Waals surface area contributed by atoms with E-state index in [4.69, 9.17) is 4.42 Å². The number of carbonyl (C=O) groups is 1. The summed E-state index contributed by atoms with van der Waals surface area (Å²) in [4.78, 5) is 24.5. The van der Waals surface area contributed by atoms with Gasteiger partial charge in [0, 0.05) is 30.7 Å². The number of benzene rings is 1.